The van der Waals surface area contributed by atoms with Crippen molar-refractivity contribution in [2.45, 2.75) is 19.0 Å². The van der Waals surface area contributed by atoms with Crippen molar-refractivity contribution in [3.63, 3.8) is 0 Å². The zero-order valence-electron chi connectivity index (χ0n) is 14.1. The van der Waals surface area contributed by atoms with E-state index in [4.69, 9.17) is 0 Å². The van der Waals surface area contributed by atoms with Gasteiger partial charge in [-0.05, 0) is 24.1 Å². The van der Waals surface area contributed by atoms with E-state index in [1.807, 2.05) is 30.3 Å². The van der Waals surface area contributed by atoms with Crippen molar-refractivity contribution >= 4 is 21.6 Å². The number of rotatable bonds is 5. The van der Waals surface area contributed by atoms with Gasteiger partial charge in [-0.25, -0.2) is 13.4 Å². The van der Waals surface area contributed by atoms with Crippen LogP contribution in [0.15, 0.2) is 48.7 Å². The Balaban J connectivity index is 1.60. The van der Waals surface area contributed by atoms with E-state index in [0.717, 1.165) is 5.56 Å². The Kier molecular flexibility index (Phi) is 5.03. The van der Waals surface area contributed by atoms with Crippen molar-refractivity contribution < 1.29 is 13.2 Å². The van der Waals surface area contributed by atoms with Crippen molar-refractivity contribution in [3.05, 3.63) is 59.8 Å². The molecule has 2 aromatic rings. The first-order valence-electron chi connectivity index (χ1n) is 8.16. The van der Waals surface area contributed by atoms with E-state index in [1.165, 1.54) is 11.1 Å². The fourth-order valence-corrected chi connectivity index (χ4v) is 4.64. The van der Waals surface area contributed by atoms with E-state index in [9.17, 15) is 13.2 Å². The maximum Gasteiger partial charge on any atom is 0.255 e. The summed E-state index contributed by atoms with van der Waals surface area (Å²) in [5, 5.41) is 3.21. The van der Waals surface area contributed by atoms with Gasteiger partial charge < -0.3 is 10.2 Å². The molecule has 1 aromatic carbocycles. The quantitative estimate of drug-likeness (QED) is 0.883. The van der Waals surface area contributed by atoms with Crippen LogP contribution < -0.4 is 5.32 Å². The number of hydrogen-bond donors (Lipinski definition) is 1. The summed E-state index contributed by atoms with van der Waals surface area (Å²) in [5.74, 6) is 0.672. The fourth-order valence-electron chi connectivity index (χ4n) is 2.86. The molecule has 25 heavy (non-hydrogen) atoms. The highest BCUT2D eigenvalue weighted by Crippen LogP contribution is 2.19. The van der Waals surface area contributed by atoms with E-state index in [1.54, 1.807) is 19.2 Å². The average Bonchev–Trinajstić information content (AvgIpc) is 3.00. The molecule has 1 N–H and O–H groups in total. The van der Waals surface area contributed by atoms with Gasteiger partial charge in [0.25, 0.3) is 5.91 Å². The molecule has 1 aliphatic rings. The van der Waals surface area contributed by atoms with Crippen molar-refractivity contribution in [1.29, 1.82) is 0 Å². The number of nitrogens with one attached hydrogen (secondary N) is 1. The van der Waals surface area contributed by atoms with Gasteiger partial charge in [0.1, 0.15) is 5.82 Å². The number of aromatic nitrogens is 1. The van der Waals surface area contributed by atoms with Gasteiger partial charge in [-0.15, -0.1) is 0 Å². The van der Waals surface area contributed by atoms with Crippen molar-refractivity contribution in [1.82, 2.24) is 9.88 Å². The standard InChI is InChI=1S/C18H21N3O3S/c1-21(16-9-10-25(23,24)13-16)18(22)15-7-8-17(20-12-15)19-11-14-5-3-2-4-6-14/h2-8,12,16H,9-11,13H2,1H3,(H,19,20). The van der Waals surface area contributed by atoms with Gasteiger partial charge in [0, 0.05) is 25.8 Å². The summed E-state index contributed by atoms with van der Waals surface area (Å²) in [7, 11) is -1.37. The number of carbonyl (C=O) groups excluding carboxylic acids is 1. The molecule has 1 aliphatic heterocycles. The number of amides is 1. The molecule has 0 saturated carbocycles. The first kappa shape index (κ1) is 17.4. The first-order chi connectivity index (χ1) is 11.9. The molecule has 1 amide bonds. The van der Waals surface area contributed by atoms with Crippen LogP contribution in [0.1, 0.15) is 22.3 Å². The lowest BCUT2D eigenvalue weighted by atomic mass is 10.2. The van der Waals surface area contributed by atoms with Gasteiger partial charge in [-0.1, -0.05) is 30.3 Å². The monoisotopic (exact) mass is 359 g/mol. The zero-order valence-corrected chi connectivity index (χ0v) is 14.9. The van der Waals surface area contributed by atoms with Crippen molar-refractivity contribution in [2.75, 3.05) is 23.9 Å². The summed E-state index contributed by atoms with van der Waals surface area (Å²) in [6.45, 7) is 0.654. The maximum absolute atomic E-state index is 12.5. The van der Waals surface area contributed by atoms with Crippen LogP contribution in [-0.2, 0) is 16.4 Å². The Morgan fingerprint density at radius 1 is 1.24 bits per heavy atom. The van der Waals surface area contributed by atoms with Gasteiger partial charge in [0.2, 0.25) is 0 Å². The highest BCUT2D eigenvalue weighted by molar-refractivity contribution is 7.91. The lowest BCUT2D eigenvalue weighted by Crippen LogP contribution is -2.37. The van der Waals surface area contributed by atoms with Crippen LogP contribution in [0.5, 0.6) is 0 Å². The number of anilines is 1. The molecule has 7 heteroatoms. The summed E-state index contributed by atoms with van der Waals surface area (Å²) in [4.78, 5) is 18.3. The predicted octanol–water partition coefficient (Wildman–Crippen LogP) is 1.95. The fraction of sp³-hybridized carbons (Fsp3) is 0.333. The summed E-state index contributed by atoms with van der Waals surface area (Å²) >= 11 is 0. The minimum absolute atomic E-state index is 0.0411. The normalized spacial score (nSPS) is 18.7. The van der Waals surface area contributed by atoms with E-state index in [2.05, 4.69) is 10.3 Å². The van der Waals surface area contributed by atoms with E-state index in [0.29, 0.717) is 24.3 Å². The molecular weight excluding hydrogens is 338 g/mol. The molecule has 1 saturated heterocycles. The summed E-state index contributed by atoms with van der Waals surface area (Å²) < 4.78 is 23.2. The minimum atomic E-state index is -3.02. The van der Waals surface area contributed by atoms with Crippen LogP contribution >= 0.6 is 0 Å². The molecular formula is C18H21N3O3S. The molecule has 0 bridgehead atoms. The van der Waals surface area contributed by atoms with E-state index >= 15 is 0 Å². The highest BCUT2D eigenvalue weighted by Gasteiger charge is 2.33. The zero-order chi connectivity index (χ0) is 17.9. The highest BCUT2D eigenvalue weighted by atomic mass is 32.2. The Bertz CT molecular complexity index is 836. The lowest BCUT2D eigenvalue weighted by Gasteiger charge is -2.23. The number of benzene rings is 1. The Labute approximate surface area is 147 Å². The summed E-state index contributed by atoms with van der Waals surface area (Å²) in [6.07, 6.45) is 2.02. The summed E-state index contributed by atoms with van der Waals surface area (Å²) in [5.41, 5.74) is 1.60. The number of hydrogen-bond acceptors (Lipinski definition) is 5. The SMILES string of the molecule is CN(C(=O)c1ccc(NCc2ccccc2)nc1)C1CCS(=O)(=O)C1. The molecule has 1 unspecified atom stereocenters. The second-order valence-electron chi connectivity index (χ2n) is 6.24. The predicted molar refractivity (Wildman–Crippen MR) is 97.2 cm³/mol. The van der Waals surface area contributed by atoms with Crippen LogP contribution in [0.25, 0.3) is 0 Å². The van der Waals surface area contributed by atoms with Crippen LogP contribution in [0.4, 0.5) is 5.82 Å². The van der Waals surface area contributed by atoms with Gasteiger partial charge in [0.05, 0.1) is 17.1 Å². The smallest absolute Gasteiger partial charge is 0.255 e. The Hall–Kier alpha value is -2.41. The minimum Gasteiger partial charge on any atom is -0.366 e. The lowest BCUT2D eigenvalue weighted by molar-refractivity contribution is 0.0747. The van der Waals surface area contributed by atoms with Gasteiger partial charge >= 0.3 is 0 Å². The van der Waals surface area contributed by atoms with Gasteiger partial charge in [0.15, 0.2) is 9.84 Å². The Morgan fingerprint density at radius 2 is 2.00 bits per heavy atom. The molecule has 132 valence electrons. The van der Waals surface area contributed by atoms with Crippen LogP contribution in [0.3, 0.4) is 0 Å². The van der Waals surface area contributed by atoms with Gasteiger partial charge in [-0.2, -0.15) is 0 Å². The van der Waals surface area contributed by atoms with E-state index in [-0.39, 0.29) is 23.5 Å². The molecule has 2 heterocycles. The molecule has 6 nitrogen and oxygen atoms in total. The number of pyridine rings is 1. The second-order valence-corrected chi connectivity index (χ2v) is 8.47. The largest absolute Gasteiger partial charge is 0.366 e. The van der Waals surface area contributed by atoms with Crippen LogP contribution in [0, 0.1) is 0 Å². The van der Waals surface area contributed by atoms with E-state index < -0.39 is 9.84 Å². The Morgan fingerprint density at radius 3 is 2.60 bits per heavy atom. The third kappa shape index (κ3) is 4.36. The third-order valence-electron chi connectivity index (χ3n) is 4.40. The maximum atomic E-state index is 12.5. The van der Waals surface area contributed by atoms with Gasteiger partial charge in [-0.3, -0.25) is 4.79 Å². The molecule has 1 atom stereocenters. The third-order valence-corrected chi connectivity index (χ3v) is 6.15. The molecule has 0 aliphatic carbocycles. The van der Waals surface area contributed by atoms with Crippen molar-refractivity contribution in [3.8, 4) is 0 Å². The molecule has 0 radical (unpaired) electrons. The molecule has 0 spiro atoms. The van der Waals surface area contributed by atoms with Crippen LogP contribution in [-0.4, -0.2) is 48.8 Å². The average molecular weight is 359 g/mol. The first-order valence-corrected chi connectivity index (χ1v) is 9.98. The number of sulfone groups is 1. The number of carbonyl (C=O) groups is 1. The molecule has 1 aromatic heterocycles. The summed E-state index contributed by atoms with van der Waals surface area (Å²) in [6, 6.07) is 13.2. The topological polar surface area (TPSA) is 79.4 Å². The molecule has 1 fully saturated rings. The molecule has 3 rings (SSSR count). The second kappa shape index (κ2) is 7.23. The van der Waals surface area contributed by atoms with Crippen molar-refractivity contribution in [2.24, 2.45) is 0 Å². The number of nitrogens with zero attached hydrogens (tertiary/aromatic N) is 2. The van der Waals surface area contributed by atoms with Crippen LogP contribution in [0.2, 0.25) is 0 Å².